The quantitative estimate of drug-likeness (QED) is 0.778. The molecule has 0 aliphatic carbocycles. The SMILES string of the molecule is CCNc1cccc(Cc2nc3ccccc3n2CC)n1. The first-order valence-electron chi connectivity index (χ1n) is 7.45. The molecule has 0 amide bonds. The molecule has 2 aromatic heterocycles. The van der Waals surface area contributed by atoms with Gasteiger partial charge in [0.05, 0.1) is 16.7 Å². The van der Waals surface area contributed by atoms with Crippen molar-refractivity contribution >= 4 is 16.9 Å². The van der Waals surface area contributed by atoms with E-state index in [1.807, 2.05) is 18.2 Å². The van der Waals surface area contributed by atoms with Gasteiger partial charge >= 0.3 is 0 Å². The zero-order valence-corrected chi connectivity index (χ0v) is 12.5. The Hall–Kier alpha value is -2.36. The summed E-state index contributed by atoms with van der Waals surface area (Å²) in [5.41, 5.74) is 3.29. The summed E-state index contributed by atoms with van der Waals surface area (Å²) in [5.74, 6) is 1.99. The van der Waals surface area contributed by atoms with E-state index >= 15 is 0 Å². The maximum atomic E-state index is 4.76. The lowest BCUT2D eigenvalue weighted by Gasteiger charge is -2.07. The minimum Gasteiger partial charge on any atom is -0.370 e. The zero-order valence-electron chi connectivity index (χ0n) is 12.5. The Morgan fingerprint density at radius 2 is 1.86 bits per heavy atom. The molecule has 0 fully saturated rings. The standard InChI is InChI=1S/C17H20N4/c1-3-18-16-11-7-8-13(19-16)12-17-20-14-9-5-6-10-15(14)21(17)4-2/h5-11H,3-4,12H2,1-2H3,(H,18,19). The van der Waals surface area contributed by atoms with E-state index in [1.54, 1.807) is 0 Å². The minimum atomic E-state index is 0.752. The number of nitrogens with one attached hydrogen (secondary N) is 1. The van der Waals surface area contributed by atoms with Crippen LogP contribution in [0.2, 0.25) is 0 Å². The van der Waals surface area contributed by atoms with Crippen LogP contribution >= 0.6 is 0 Å². The fourth-order valence-electron chi connectivity index (χ4n) is 2.63. The molecular formula is C17H20N4. The topological polar surface area (TPSA) is 42.7 Å². The van der Waals surface area contributed by atoms with E-state index < -0.39 is 0 Å². The third-order valence-electron chi connectivity index (χ3n) is 3.55. The molecule has 108 valence electrons. The number of pyridine rings is 1. The normalized spacial score (nSPS) is 11.0. The third-order valence-corrected chi connectivity index (χ3v) is 3.55. The first-order valence-corrected chi connectivity index (χ1v) is 7.45. The molecule has 4 heteroatoms. The molecule has 1 aromatic carbocycles. The number of benzene rings is 1. The van der Waals surface area contributed by atoms with Crippen LogP contribution in [-0.2, 0) is 13.0 Å². The second-order valence-corrected chi connectivity index (χ2v) is 4.98. The van der Waals surface area contributed by atoms with Crippen molar-refractivity contribution in [1.29, 1.82) is 0 Å². The number of hydrogen-bond acceptors (Lipinski definition) is 3. The maximum Gasteiger partial charge on any atom is 0.126 e. The molecule has 2 heterocycles. The Bertz CT molecular complexity index is 745. The predicted molar refractivity (Wildman–Crippen MR) is 86.6 cm³/mol. The lowest BCUT2D eigenvalue weighted by atomic mass is 10.2. The first-order chi connectivity index (χ1) is 10.3. The van der Waals surface area contributed by atoms with Crippen LogP contribution in [0.5, 0.6) is 0 Å². The summed E-state index contributed by atoms with van der Waals surface area (Å²) >= 11 is 0. The van der Waals surface area contributed by atoms with Crippen LogP contribution in [0.3, 0.4) is 0 Å². The summed E-state index contributed by atoms with van der Waals surface area (Å²) in [4.78, 5) is 9.40. The lowest BCUT2D eigenvalue weighted by Crippen LogP contribution is -2.05. The highest BCUT2D eigenvalue weighted by molar-refractivity contribution is 5.75. The molecule has 3 rings (SSSR count). The van der Waals surface area contributed by atoms with Gasteiger partial charge in [-0.2, -0.15) is 0 Å². The van der Waals surface area contributed by atoms with Gasteiger partial charge in [0, 0.05) is 19.5 Å². The monoisotopic (exact) mass is 280 g/mol. The summed E-state index contributed by atoms with van der Waals surface area (Å²) in [6.45, 7) is 6.03. The van der Waals surface area contributed by atoms with Crippen molar-refractivity contribution in [1.82, 2.24) is 14.5 Å². The van der Waals surface area contributed by atoms with Crippen molar-refractivity contribution in [2.45, 2.75) is 26.8 Å². The minimum absolute atomic E-state index is 0.752. The summed E-state index contributed by atoms with van der Waals surface area (Å²) in [7, 11) is 0. The van der Waals surface area contributed by atoms with E-state index in [0.29, 0.717) is 0 Å². The number of imidazole rings is 1. The Morgan fingerprint density at radius 1 is 1.00 bits per heavy atom. The molecule has 3 aromatic rings. The molecule has 0 radical (unpaired) electrons. The number of anilines is 1. The van der Waals surface area contributed by atoms with E-state index in [2.05, 4.69) is 53.0 Å². The van der Waals surface area contributed by atoms with Gasteiger partial charge < -0.3 is 9.88 Å². The van der Waals surface area contributed by atoms with Crippen LogP contribution in [-0.4, -0.2) is 21.1 Å². The summed E-state index contributed by atoms with van der Waals surface area (Å²) in [6, 6.07) is 14.4. The predicted octanol–water partition coefficient (Wildman–Crippen LogP) is 3.47. The van der Waals surface area contributed by atoms with E-state index in [4.69, 9.17) is 4.98 Å². The molecule has 0 saturated carbocycles. The number of aryl methyl sites for hydroxylation is 1. The van der Waals surface area contributed by atoms with Crippen molar-refractivity contribution in [2.24, 2.45) is 0 Å². The zero-order chi connectivity index (χ0) is 14.7. The second-order valence-electron chi connectivity index (χ2n) is 4.98. The highest BCUT2D eigenvalue weighted by atomic mass is 15.1. The fourth-order valence-corrected chi connectivity index (χ4v) is 2.63. The Balaban J connectivity index is 1.96. The van der Waals surface area contributed by atoms with Gasteiger partial charge in [0.1, 0.15) is 11.6 Å². The van der Waals surface area contributed by atoms with Gasteiger partial charge in [-0.05, 0) is 38.1 Å². The highest BCUT2D eigenvalue weighted by Crippen LogP contribution is 2.18. The maximum absolute atomic E-state index is 4.76. The highest BCUT2D eigenvalue weighted by Gasteiger charge is 2.10. The van der Waals surface area contributed by atoms with Crippen molar-refractivity contribution in [3.05, 3.63) is 54.0 Å². The van der Waals surface area contributed by atoms with E-state index in [9.17, 15) is 0 Å². The van der Waals surface area contributed by atoms with Crippen molar-refractivity contribution in [3.63, 3.8) is 0 Å². The summed E-state index contributed by atoms with van der Waals surface area (Å²) < 4.78 is 2.26. The Morgan fingerprint density at radius 3 is 2.67 bits per heavy atom. The molecular weight excluding hydrogens is 260 g/mol. The molecule has 0 saturated heterocycles. The van der Waals surface area contributed by atoms with Gasteiger partial charge in [-0.3, -0.25) is 0 Å². The molecule has 0 bridgehead atoms. The fraction of sp³-hybridized carbons (Fsp3) is 0.294. The molecule has 0 atom stereocenters. The number of nitrogens with zero attached hydrogens (tertiary/aromatic N) is 3. The van der Waals surface area contributed by atoms with E-state index in [0.717, 1.165) is 42.4 Å². The van der Waals surface area contributed by atoms with Crippen molar-refractivity contribution in [3.8, 4) is 0 Å². The van der Waals surface area contributed by atoms with Crippen LogP contribution in [0.4, 0.5) is 5.82 Å². The average Bonchev–Trinajstić information content (AvgIpc) is 2.85. The second kappa shape index (κ2) is 5.95. The largest absolute Gasteiger partial charge is 0.370 e. The van der Waals surface area contributed by atoms with Crippen LogP contribution < -0.4 is 5.32 Å². The number of rotatable bonds is 5. The molecule has 0 spiro atoms. The van der Waals surface area contributed by atoms with Crippen LogP contribution in [0.15, 0.2) is 42.5 Å². The smallest absolute Gasteiger partial charge is 0.126 e. The van der Waals surface area contributed by atoms with Gasteiger partial charge in [0.25, 0.3) is 0 Å². The molecule has 4 nitrogen and oxygen atoms in total. The number of aromatic nitrogens is 3. The van der Waals surface area contributed by atoms with Crippen LogP contribution in [0.25, 0.3) is 11.0 Å². The summed E-state index contributed by atoms with van der Waals surface area (Å²) in [5, 5.41) is 3.25. The van der Waals surface area contributed by atoms with E-state index in [-0.39, 0.29) is 0 Å². The Labute approximate surface area is 124 Å². The molecule has 1 N–H and O–H groups in total. The van der Waals surface area contributed by atoms with Gasteiger partial charge in [-0.25, -0.2) is 9.97 Å². The van der Waals surface area contributed by atoms with Crippen LogP contribution in [0, 0.1) is 0 Å². The molecule has 0 unspecified atom stereocenters. The third kappa shape index (κ3) is 2.75. The van der Waals surface area contributed by atoms with Gasteiger partial charge in [-0.1, -0.05) is 18.2 Å². The number of para-hydroxylation sites is 2. The Kier molecular flexibility index (Phi) is 3.86. The van der Waals surface area contributed by atoms with Crippen LogP contribution in [0.1, 0.15) is 25.4 Å². The number of hydrogen-bond donors (Lipinski definition) is 1. The lowest BCUT2D eigenvalue weighted by molar-refractivity contribution is 0.729. The van der Waals surface area contributed by atoms with E-state index in [1.165, 1.54) is 5.52 Å². The number of fused-ring (bicyclic) bond motifs is 1. The van der Waals surface area contributed by atoms with Gasteiger partial charge in [0.2, 0.25) is 0 Å². The summed E-state index contributed by atoms with van der Waals surface area (Å²) in [6.07, 6.45) is 0.752. The molecule has 0 aliphatic heterocycles. The molecule has 0 aliphatic rings. The first kappa shape index (κ1) is 13.6. The molecule has 21 heavy (non-hydrogen) atoms. The van der Waals surface area contributed by atoms with Crippen molar-refractivity contribution < 1.29 is 0 Å². The average molecular weight is 280 g/mol. The van der Waals surface area contributed by atoms with Gasteiger partial charge in [0.15, 0.2) is 0 Å². The van der Waals surface area contributed by atoms with Crippen molar-refractivity contribution in [2.75, 3.05) is 11.9 Å². The van der Waals surface area contributed by atoms with Gasteiger partial charge in [-0.15, -0.1) is 0 Å².